The van der Waals surface area contributed by atoms with Crippen molar-refractivity contribution in [3.63, 3.8) is 0 Å². The number of hydrogen-bond donors (Lipinski definition) is 1. The fourth-order valence-corrected chi connectivity index (χ4v) is 3.20. The van der Waals surface area contributed by atoms with Crippen LogP contribution >= 0.6 is 11.6 Å². The smallest absolute Gasteiger partial charge is 0.0409 e. The van der Waals surface area contributed by atoms with Crippen LogP contribution in [0.15, 0.2) is 24.3 Å². The van der Waals surface area contributed by atoms with E-state index in [9.17, 15) is 0 Å². The van der Waals surface area contributed by atoms with Gasteiger partial charge in [0, 0.05) is 43.3 Å². The molecular formula is C16H26ClN3. The first-order chi connectivity index (χ1) is 9.60. The third-order valence-electron chi connectivity index (χ3n) is 4.27. The summed E-state index contributed by atoms with van der Waals surface area (Å²) in [6.07, 6.45) is 1.12. The fraction of sp³-hybridized carbons (Fsp3) is 0.625. The van der Waals surface area contributed by atoms with Gasteiger partial charge in [-0.05, 0) is 45.1 Å². The first-order valence-corrected chi connectivity index (χ1v) is 7.83. The molecule has 4 heteroatoms. The molecule has 1 aromatic rings. The Kier molecular flexibility index (Phi) is 5.85. The van der Waals surface area contributed by atoms with Crippen molar-refractivity contribution in [2.24, 2.45) is 0 Å². The van der Waals surface area contributed by atoms with Crippen LogP contribution in [0.2, 0.25) is 5.02 Å². The second-order valence-electron chi connectivity index (χ2n) is 5.83. The molecule has 1 N–H and O–H groups in total. The maximum atomic E-state index is 6.09. The van der Waals surface area contributed by atoms with E-state index in [2.05, 4.69) is 41.2 Å². The first-order valence-electron chi connectivity index (χ1n) is 7.45. The second kappa shape index (κ2) is 7.41. The van der Waals surface area contributed by atoms with Crippen molar-refractivity contribution in [3.05, 3.63) is 34.9 Å². The number of nitrogens with one attached hydrogen (secondary N) is 1. The summed E-state index contributed by atoms with van der Waals surface area (Å²) in [6, 6.07) is 9.20. The van der Waals surface area contributed by atoms with Crippen LogP contribution in [0.25, 0.3) is 0 Å². The molecule has 0 amide bonds. The normalized spacial score (nSPS) is 22.9. The molecule has 2 rings (SSSR count). The van der Waals surface area contributed by atoms with Crippen molar-refractivity contribution >= 4 is 11.6 Å². The molecule has 3 nitrogen and oxygen atoms in total. The summed E-state index contributed by atoms with van der Waals surface area (Å²) in [5, 5.41) is 4.23. The predicted octanol–water partition coefficient (Wildman–Crippen LogP) is 2.63. The molecule has 1 heterocycles. The molecule has 0 spiro atoms. The van der Waals surface area contributed by atoms with Crippen molar-refractivity contribution in [2.45, 2.75) is 25.4 Å². The van der Waals surface area contributed by atoms with Gasteiger partial charge in [-0.2, -0.15) is 0 Å². The van der Waals surface area contributed by atoms with E-state index in [1.807, 2.05) is 19.2 Å². The molecule has 2 unspecified atom stereocenters. The molecule has 0 saturated carbocycles. The molecular weight excluding hydrogens is 270 g/mol. The third-order valence-corrected chi connectivity index (χ3v) is 4.51. The molecule has 1 aromatic carbocycles. The Morgan fingerprint density at radius 1 is 1.40 bits per heavy atom. The van der Waals surface area contributed by atoms with Crippen LogP contribution in [-0.2, 0) is 0 Å². The van der Waals surface area contributed by atoms with Gasteiger partial charge < -0.3 is 10.2 Å². The monoisotopic (exact) mass is 295 g/mol. The zero-order valence-electron chi connectivity index (χ0n) is 12.8. The van der Waals surface area contributed by atoms with E-state index in [1.165, 1.54) is 25.2 Å². The summed E-state index contributed by atoms with van der Waals surface area (Å²) in [7, 11) is 4.23. The van der Waals surface area contributed by atoms with Crippen molar-refractivity contribution in [2.75, 3.05) is 40.3 Å². The van der Waals surface area contributed by atoms with E-state index < -0.39 is 0 Å². The van der Waals surface area contributed by atoms with Crippen LogP contribution in [0.1, 0.15) is 24.9 Å². The van der Waals surface area contributed by atoms with Gasteiger partial charge in [-0.15, -0.1) is 0 Å². The van der Waals surface area contributed by atoms with Crippen LogP contribution < -0.4 is 5.32 Å². The van der Waals surface area contributed by atoms with Crippen molar-refractivity contribution < 1.29 is 0 Å². The van der Waals surface area contributed by atoms with Crippen LogP contribution in [-0.4, -0.2) is 56.1 Å². The highest BCUT2D eigenvalue weighted by molar-refractivity contribution is 6.30. The lowest BCUT2D eigenvalue weighted by molar-refractivity contribution is 0.0963. The van der Waals surface area contributed by atoms with Crippen LogP contribution in [0.4, 0.5) is 0 Å². The standard InChI is InChI=1S/C16H26ClN3/c1-13-12-19(3)9-10-20(13)8-7-16(18-2)14-5-4-6-15(17)11-14/h4-6,11,13,16,18H,7-10,12H2,1-3H3. The van der Waals surface area contributed by atoms with Crippen molar-refractivity contribution in [1.82, 2.24) is 15.1 Å². The number of halogens is 1. The van der Waals surface area contributed by atoms with Gasteiger partial charge in [0.15, 0.2) is 0 Å². The summed E-state index contributed by atoms with van der Waals surface area (Å²) in [4.78, 5) is 5.00. The Labute approximate surface area is 127 Å². The largest absolute Gasteiger partial charge is 0.313 e. The van der Waals surface area contributed by atoms with Gasteiger partial charge in [0.1, 0.15) is 0 Å². The lowest BCUT2D eigenvalue weighted by Gasteiger charge is -2.38. The van der Waals surface area contributed by atoms with Gasteiger partial charge >= 0.3 is 0 Å². The number of piperazine rings is 1. The quantitative estimate of drug-likeness (QED) is 0.901. The average Bonchev–Trinajstić information content (AvgIpc) is 2.41. The molecule has 1 fully saturated rings. The number of benzene rings is 1. The second-order valence-corrected chi connectivity index (χ2v) is 6.27. The molecule has 1 aliphatic heterocycles. The molecule has 0 bridgehead atoms. The van der Waals surface area contributed by atoms with Gasteiger partial charge in [0.25, 0.3) is 0 Å². The van der Waals surface area contributed by atoms with Crippen LogP contribution in [0, 0.1) is 0 Å². The lowest BCUT2D eigenvalue weighted by Crippen LogP contribution is -2.50. The number of likely N-dealkylation sites (N-methyl/N-ethyl adjacent to an activating group) is 1. The summed E-state index contributed by atoms with van der Waals surface area (Å²) in [5.41, 5.74) is 1.28. The number of hydrogen-bond acceptors (Lipinski definition) is 3. The molecule has 2 atom stereocenters. The minimum atomic E-state index is 0.376. The number of rotatable bonds is 5. The van der Waals surface area contributed by atoms with Crippen molar-refractivity contribution in [1.29, 1.82) is 0 Å². The van der Waals surface area contributed by atoms with Gasteiger partial charge in [-0.25, -0.2) is 0 Å². The maximum absolute atomic E-state index is 6.09. The van der Waals surface area contributed by atoms with E-state index in [0.717, 1.165) is 18.0 Å². The van der Waals surface area contributed by atoms with E-state index >= 15 is 0 Å². The SMILES string of the molecule is CNC(CCN1CCN(C)CC1C)c1cccc(Cl)c1. The Hall–Kier alpha value is -0.610. The Morgan fingerprint density at radius 2 is 2.20 bits per heavy atom. The Balaban J connectivity index is 1.91. The highest BCUT2D eigenvalue weighted by Crippen LogP contribution is 2.21. The topological polar surface area (TPSA) is 18.5 Å². The summed E-state index contributed by atoms with van der Waals surface area (Å²) >= 11 is 6.09. The molecule has 112 valence electrons. The zero-order valence-corrected chi connectivity index (χ0v) is 13.5. The van der Waals surface area contributed by atoms with E-state index in [4.69, 9.17) is 11.6 Å². The Bertz CT molecular complexity index is 424. The molecule has 0 radical (unpaired) electrons. The highest BCUT2D eigenvalue weighted by atomic mass is 35.5. The zero-order chi connectivity index (χ0) is 14.5. The van der Waals surface area contributed by atoms with Gasteiger partial charge in [0.2, 0.25) is 0 Å². The van der Waals surface area contributed by atoms with Gasteiger partial charge in [-0.1, -0.05) is 23.7 Å². The maximum Gasteiger partial charge on any atom is 0.0409 e. The third kappa shape index (κ3) is 4.19. The highest BCUT2D eigenvalue weighted by Gasteiger charge is 2.22. The van der Waals surface area contributed by atoms with Gasteiger partial charge in [0.05, 0.1) is 0 Å². The minimum absolute atomic E-state index is 0.376. The van der Waals surface area contributed by atoms with Crippen molar-refractivity contribution in [3.8, 4) is 0 Å². The van der Waals surface area contributed by atoms with E-state index in [1.54, 1.807) is 0 Å². The molecule has 1 aliphatic rings. The summed E-state index contributed by atoms with van der Waals surface area (Å²) < 4.78 is 0. The molecule has 1 saturated heterocycles. The van der Waals surface area contributed by atoms with E-state index in [0.29, 0.717) is 12.1 Å². The lowest BCUT2D eigenvalue weighted by atomic mass is 10.0. The summed E-state index contributed by atoms with van der Waals surface area (Å²) in [5.74, 6) is 0. The number of nitrogens with zero attached hydrogens (tertiary/aromatic N) is 2. The fourth-order valence-electron chi connectivity index (χ4n) is 3.01. The predicted molar refractivity (Wildman–Crippen MR) is 86.4 cm³/mol. The van der Waals surface area contributed by atoms with E-state index in [-0.39, 0.29) is 0 Å². The molecule has 0 aliphatic carbocycles. The molecule has 20 heavy (non-hydrogen) atoms. The minimum Gasteiger partial charge on any atom is -0.313 e. The average molecular weight is 296 g/mol. The molecule has 0 aromatic heterocycles. The van der Waals surface area contributed by atoms with Crippen LogP contribution in [0.5, 0.6) is 0 Å². The Morgan fingerprint density at radius 3 is 2.85 bits per heavy atom. The summed E-state index contributed by atoms with van der Waals surface area (Å²) in [6.45, 7) is 6.97. The first kappa shape index (κ1) is 15.8. The van der Waals surface area contributed by atoms with Gasteiger partial charge in [-0.3, -0.25) is 4.90 Å². The van der Waals surface area contributed by atoms with Crippen LogP contribution in [0.3, 0.4) is 0 Å².